The first-order valence-corrected chi connectivity index (χ1v) is 6.11. The molecule has 1 aromatic carbocycles. The molecule has 2 heterocycles. The zero-order valence-electron chi connectivity index (χ0n) is 10.5. The molecule has 0 unspecified atom stereocenters. The highest BCUT2D eigenvalue weighted by Crippen LogP contribution is 2.30. The molecule has 0 bridgehead atoms. The van der Waals surface area contributed by atoms with Crippen LogP contribution in [0.15, 0.2) is 30.5 Å². The van der Waals surface area contributed by atoms with Gasteiger partial charge in [-0.3, -0.25) is 0 Å². The van der Waals surface area contributed by atoms with Gasteiger partial charge in [0.25, 0.3) is 0 Å². The predicted molar refractivity (Wildman–Crippen MR) is 74.6 cm³/mol. The number of pyridine rings is 1. The van der Waals surface area contributed by atoms with Crippen LogP contribution in [0.4, 0.5) is 0 Å². The third-order valence-electron chi connectivity index (χ3n) is 3.25. The van der Waals surface area contributed by atoms with Crippen molar-refractivity contribution in [2.45, 2.75) is 0 Å². The van der Waals surface area contributed by atoms with E-state index < -0.39 is 5.97 Å². The summed E-state index contributed by atoms with van der Waals surface area (Å²) < 4.78 is 6.72. The number of benzene rings is 1. The minimum Gasteiger partial charge on any atom is -0.464 e. The lowest BCUT2D eigenvalue weighted by molar-refractivity contribution is 0.0594. The normalized spacial score (nSPS) is 11.1. The maximum atomic E-state index is 11.5. The van der Waals surface area contributed by atoms with Gasteiger partial charge in [0.15, 0.2) is 0 Å². The number of esters is 1. The summed E-state index contributed by atoms with van der Waals surface area (Å²) >= 11 is 6.04. The molecule has 0 atom stereocenters. The minimum atomic E-state index is -0.444. The summed E-state index contributed by atoms with van der Waals surface area (Å²) in [7, 11) is 3.30. The molecule has 3 aromatic rings. The molecule has 0 fully saturated rings. The van der Waals surface area contributed by atoms with Gasteiger partial charge in [0.2, 0.25) is 0 Å². The van der Waals surface area contributed by atoms with E-state index in [1.54, 1.807) is 12.3 Å². The fourth-order valence-corrected chi connectivity index (χ4v) is 2.47. The van der Waals surface area contributed by atoms with Crippen LogP contribution in [0.1, 0.15) is 10.5 Å². The fourth-order valence-electron chi connectivity index (χ4n) is 2.29. The second-order valence-corrected chi connectivity index (χ2v) is 4.74. The van der Waals surface area contributed by atoms with Crippen molar-refractivity contribution in [1.82, 2.24) is 9.55 Å². The Balaban J connectivity index is 2.41. The van der Waals surface area contributed by atoms with E-state index in [0.717, 1.165) is 21.8 Å². The topological polar surface area (TPSA) is 44.1 Å². The molecule has 96 valence electrons. The van der Waals surface area contributed by atoms with E-state index in [4.69, 9.17) is 16.3 Å². The summed E-state index contributed by atoms with van der Waals surface area (Å²) in [6.07, 6.45) is 1.68. The van der Waals surface area contributed by atoms with Crippen molar-refractivity contribution < 1.29 is 9.53 Å². The largest absolute Gasteiger partial charge is 0.464 e. The Labute approximate surface area is 114 Å². The second-order valence-electron chi connectivity index (χ2n) is 4.30. The number of halogens is 1. The Hall–Kier alpha value is -2.07. The van der Waals surface area contributed by atoms with E-state index in [1.165, 1.54) is 7.11 Å². The van der Waals surface area contributed by atoms with Crippen LogP contribution in [0.25, 0.3) is 21.8 Å². The Kier molecular flexibility index (Phi) is 2.68. The van der Waals surface area contributed by atoms with Gasteiger partial charge in [-0.25, -0.2) is 9.78 Å². The average molecular weight is 275 g/mol. The average Bonchev–Trinajstić information content (AvgIpc) is 2.70. The summed E-state index contributed by atoms with van der Waals surface area (Å²) in [5.41, 5.74) is 2.29. The maximum absolute atomic E-state index is 11.5. The molecule has 4 nitrogen and oxygen atoms in total. The molecule has 0 radical (unpaired) electrons. The van der Waals surface area contributed by atoms with Gasteiger partial charge < -0.3 is 9.30 Å². The first-order chi connectivity index (χ1) is 9.11. The summed E-state index contributed by atoms with van der Waals surface area (Å²) in [4.78, 5) is 15.7. The van der Waals surface area contributed by atoms with Crippen LogP contribution in [0.3, 0.4) is 0 Å². The van der Waals surface area contributed by atoms with E-state index in [0.29, 0.717) is 10.7 Å². The summed E-state index contributed by atoms with van der Waals surface area (Å²) in [5.74, 6) is -0.444. The Morgan fingerprint density at radius 2 is 2.00 bits per heavy atom. The highest BCUT2D eigenvalue weighted by Gasteiger charge is 2.13. The van der Waals surface area contributed by atoms with Crippen molar-refractivity contribution in [3.8, 4) is 0 Å². The van der Waals surface area contributed by atoms with E-state index in [-0.39, 0.29) is 0 Å². The molecule has 0 spiro atoms. The van der Waals surface area contributed by atoms with Crippen molar-refractivity contribution >= 4 is 39.4 Å². The van der Waals surface area contributed by atoms with Gasteiger partial charge in [-0.15, -0.1) is 0 Å². The van der Waals surface area contributed by atoms with Crippen LogP contribution >= 0.6 is 11.6 Å². The van der Waals surface area contributed by atoms with Crippen molar-refractivity contribution in [1.29, 1.82) is 0 Å². The quantitative estimate of drug-likeness (QED) is 0.640. The zero-order chi connectivity index (χ0) is 13.6. The number of methoxy groups -OCH3 is 1. The molecule has 5 heteroatoms. The van der Waals surface area contributed by atoms with Gasteiger partial charge in [0, 0.05) is 28.4 Å². The van der Waals surface area contributed by atoms with Crippen LogP contribution in [-0.4, -0.2) is 22.6 Å². The number of nitrogens with zero attached hydrogens (tertiary/aromatic N) is 2. The number of hydrogen-bond donors (Lipinski definition) is 0. The van der Waals surface area contributed by atoms with Crippen molar-refractivity contribution in [2.75, 3.05) is 7.11 Å². The lowest BCUT2D eigenvalue weighted by atomic mass is 10.1. The summed E-state index contributed by atoms with van der Waals surface area (Å²) in [5, 5.41) is 2.60. The highest BCUT2D eigenvalue weighted by atomic mass is 35.5. The van der Waals surface area contributed by atoms with Crippen molar-refractivity contribution in [2.24, 2.45) is 7.05 Å². The number of aryl methyl sites for hydroxylation is 1. The Morgan fingerprint density at radius 3 is 2.74 bits per heavy atom. The van der Waals surface area contributed by atoms with Crippen LogP contribution in [0, 0.1) is 0 Å². The third kappa shape index (κ3) is 1.76. The third-order valence-corrected chi connectivity index (χ3v) is 3.48. The number of hydrogen-bond acceptors (Lipinski definition) is 3. The van der Waals surface area contributed by atoms with Gasteiger partial charge in [0.1, 0.15) is 5.69 Å². The summed E-state index contributed by atoms with van der Waals surface area (Å²) in [6, 6.07) is 7.42. The maximum Gasteiger partial charge on any atom is 0.356 e. The molecule has 0 N–H and O–H groups in total. The van der Waals surface area contributed by atoms with Gasteiger partial charge in [-0.05, 0) is 24.3 Å². The first-order valence-electron chi connectivity index (χ1n) is 5.74. The molecule has 0 aliphatic carbocycles. The van der Waals surface area contributed by atoms with Gasteiger partial charge in [-0.1, -0.05) is 11.6 Å². The second kappa shape index (κ2) is 4.24. The van der Waals surface area contributed by atoms with Gasteiger partial charge in [0.05, 0.1) is 18.8 Å². The standard InChI is InChI=1S/C14H11ClN2O2/c1-17-12-4-3-8(15)5-9(12)10-6-11(14(18)19-2)16-7-13(10)17/h3-7H,1-2H3. The molecule has 3 rings (SSSR count). The van der Waals surface area contributed by atoms with E-state index >= 15 is 0 Å². The van der Waals surface area contributed by atoms with Gasteiger partial charge in [-0.2, -0.15) is 0 Å². The first kappa shape index (κ1) is 12.0. The highest BCUT2D eigenvalue weighted by molar-refractivity contribution is 6.31. The summed E-state index contributed by atoms with van der Waals surface area (Å²) in [6.45, 7) is 0. The Morgan fingerprint density at radius 1 is 1.26 bits per heavy atom. The zero-order valence-corrected chi connectivity index (χ0v) is 11.2. The Bertz CT molecular complexity index is 808. The van der Waals surface area contributed by atoms with Crippen LogP contribution < -0.4 is 0 Å². The molecule has 0 aliphatic rings. The van der Waals surface area contributed by atoms with Crippen molar-refractivity contribution in [3.05, 3.63) is 41.2 Å². The lowest BCUT2D eigenvalue weighted by Gasteiger charge is -1.99. The number of ether oxygens (including phenoxy) is 1. The van der Waals surface area contributed by atoms with E-state index in [2.05, 4.69) is 4.98 Å². The monoisotopic (exact) mass is 274 g/mol. The van der Waals surface area contributed by atoms with Crippen molar-refractivity contribution in [3.63, 3.8) is 0 Å². The number of carbonyl (C=O) groups is 1. The SMILES string of the molecule is COC(=O)c1cc2c3cc(Cl)ccc3n(C)c2cn1. The smallest absolute Gasteiger partial charge is 0.356 e. The van der Waals surface area contributed by atoms with Crippen LogP contribution in [0.2, 0.25) is 5.02 Å². The van der Waals surface area contributed by atoms with E-state index in [1.807, 2.05) is 29.8 Å². The molecule has 0 amide bonds. The lowest BCUT2D eigenvalue weighted by Crippen LogP contribution is -2.03. The fraction of sp³-hybridized carbons (Fsp3) is 0.143. The molecular formula is C14H11ClN2O2. The number of carbonyl (C=O) groups excluding carboxylic acids is 1. The molecule has 0 aliphatic heterocycles. The predicted octanol–water partition coefficient (Wildman–Crippen LogP) is 3.17. The molecule has 0 saturated carbocycles. The number of aromatic nitrogens is 2. The molecule has 2 aromatic heterocycles. The minimum absolute atomic E-state index is 0.294. The molecule has 0 saturated heterocycles. The number of rotatable bonds is 1. The number of fused-ring (bicyclic) bond motifs is 3. The van der Waals surface area contributed by atoms with Crippen LogP contribution in [0.5, 0.6) is 0 Å². The molecular weight excluding hydrogens is 264 g/mol. The van der Waals surface area contributed by atoms with Gasteiger partial charge >= 0.3 is 5.97 Å². The van der Waals surface area contributed by atoms with Crippen LogP contribution in [-0.2, 0) is 11.8 Å². The molecule has 19 heavy (non-hydrogen) atoms. The van der Waals surface area contributed by atoms with E-state index in [9.17, 15) is 4.79 Å².